The fraction of sp³-hybridized carbons (Fsp3) is 0.857. The Bertz CT molecular complexity index is 91.1. The van der Waals surface area contributed by atoms with Gasteiger partial charge in [0, 0.05) is 0 Å². The lowest BCUT2D eigenvalue weighted by Gasteiger charge is -2.20. The van der Waals surface area contributed by atoms with Crippen molar-refractivity contribution in [2.45, 2.75) is 19.3 Å². The van der Waals surface area contributed by atoms with Crippen molar-refractivity contribution in [3.05, 3.63) is 6.42 Å². The highest BCUT2D eigenvalue weighted by atomic mass is 35.5. The van der Waals surface area contributed by atoms with Gasteiger partial charge in [-0.15, -0.1) is 12.4 Å². The lowest BCUT2D eigenvalue weighted by molar-refractivity contribution is 0.369. The summed E-state index contributed by atoms with van der Waals surface area (Å²) in [5.74, 6) is 0. The third-order valence-corrected chi connectivity index (χ3v) is 2.38. The Morgan fingerprint density at radius 3 is 2.11 bits per heavy atom. The molecule has 0 unspecified atom stereocenters. The molecule has 1 nitrogen and oxygen atoms in total. The van der Waals surface area contributed by atoms with Gasteiger partial charge in [0.05, 0.1) is 0 Å². The van der Waals surface area contributed by atoms with Crippen LogP contribution in [0.3, 0.4) is 0 Å². The highest BCUT2D eigenvalue weighted by Crippen LogP contribution is 2.51. The van der Waals surface area contributed by atoms with Gasteiger partial charge in [0.1, 0.15) is 0 Å². The molecule has 2 heteroatoms. The van der Waals surface area contributed by atoms with Crippen molar-refractivity contribution >= 4 is 12.4 Å². The molecule has 0 bridgehead atoms. The van der Waals surface area contributed by atoms with E-state index in [2.05, 4.69) is 11.7 Å². The van der Waals surface area contributed by atoms with E-state index >= 15 is 0 Å². The van der Waals surface area contributed by atoms with Crippen molar-refractivity contribution in [1.82, 2.24) is 5.32 Å². The van der Waals surface area contributed by atoms with E-state index in [-0.39, 0.29) is 12.4 Å². The Morgan fingerprint density at radius 1 is 1.22 bits per heavy atom. The summed E-state index contributed by atoms with van der Waals surface area (Å²) in [6.45, 7) is 2.49. The second-order valence-electron chi connectivity index (χ2n) is 3.02. The molecule has 1 aliphatic heterocycles. The van der Waals surface area contributed by atoms with Crippen molar-refractivity contribution in [2.75, 3.05) is 13.1 Å². The average molecular weight is 147 g/mol. The zero-order valence-corrected chi connectivity index (χ0v) is 6.34. The SMILES string of the molecule is Cl.[CH]1CC12CCNCC2. The van der Waals surface area contributed by atoms with E-state index in [1.807, 2.05) is 0 Å². The van der Waals surface area contributed by atoms with Crippen LogP contribution in [0.25, 0.3) is 0 Å². The maximum Gasteiger partial charge on any atom is -0.00435 e. The smallest absolute Gasteiger partial charge is 0.00435 e. The van der Waals surface area contributed by atoms with Gasteiger partial charge < -0.3 is 5.32 Å². The monoisotopic (exact) mass is 146 g/mol. The zero-order valence-electron chi connectivity index (χ0n) is 5.52. The lowest BCUT2D eigenvalue weighted by Crippen LogP contribution is -2.28. The summed E-state index contributed by atoms with van der Waals surface area (Å²) >= 11 is 0. The van der Waals surface area contributed by atoms with Crippen LogP contribution >= 0.6 is 12.4 Å². The minimum Gasteiger partial charge on any atom is -0.317 e. The number of nitrogens with one attached hydrogen (secondary N) is 1. The molecule has 2 aliphatic rings. The Balaban J connectivity index is 0.000000405. The van der Waals surface area contributed by atoms with Crippen LogP contribution in [0.4, 0.5) is 0 Å². The first-order valence-corrected chi connectivity index (χ1v) is 3.46. The molecular weight excluding hydrogens is 134 g/mol. The van der Waals surface area contributed by atoms with E-state index in [1.54, 1.807) is 0 Å². The number of piperidine rings is 1. The molecule has 0 aromatic heterocycles. The van der Waals surface area contributed by atoms with Crippen molar-refractivity contribution in [1.29, 1.82) is 0 Å². The molecular formula is C7H13ClN. The van der Waals surface area contributed by atoms with Crippen LogP contribution in [0.2, 0.25) is 0 Å². The van der Waals surface area contributed by atoms with E-state index in [4.69, 9.17) is 0 Å². The lowest BCUT2D eigenvalue weighted by atomic mass is 9.95. The Labute approximate surface area is 62.6 Å². The first-order chi connectivity index (χ1) is 3.91. The molecule has 1 radical (unpaired) electrons. The van der Waals surface area contributed by atoms with Crippen molar-refractivity contribution in [2.24, 2.45) is 5.41 Å². The molecule has 53 valence electrons. The van der Waals surface area contributed by atoms with Crippen LogP contribution in [-0.4, -0.2) is 13.1 Å². The van der Waals surface area contributed by atoms with Gasteiger partial charge in [0.15, 0.2) is 0 Å². The minimum absolute atomic E-state index is 0. The molecule has 9 heavy (non-hydrogen) atoms. The summed E-state index contributed by atoms with van der Waals surface area (Å²) in [7, 11) is 0. The molecule has 2 rings (SSSR count). The van der Waals surface area contributed by atoms with Crippen LogP contribution in [0.15, 0.2) is 0 Å². The molecule has 0 atom stereocenters. The van der Waals surface area contributed by atoms with Gasteiger partial charge >= 0.3 is 0 Å². The van der Waals surface area contributed by atoms with E-state index < -0.39 is 0 Å². The van der Waals surface area contributed by atoms with E-state index in [9.17, 15) is 0 Å². The Hall–Kier alpha value is 0.250. The molecule has 2 fully saturated rings. The highest BCUT2D eigenvalue weighted by Gasteiger charge is 2.42. The molecule has 1 saturated heterocycles. The van der Waals surface area contributed by atoms with Crippen LogP contribution in [0, 0.1) is 11.8 Å². The van der Waals surface area contributed by atoms with Gasteiger partial charge in [-0.25, -0.2) is 0 Å². The molecule has 0 amide bonds. The van der Waals surface area contributed by atoms with Crippen molar-refractivity contribution in [3.63, 3.8) is 0 Å². The molecule has 0 aromatic rings. The van der Waals surface area contributed by atoms with E-state index in [1.165, 1.54) is 32.4 Å². The second-order valence-corrected chi connectivity index (χ2v) is 3.02. The predicted octanol–water partition coefficient (Wildman–Crippen LogP) is 1.39. The van der Waals surface area contributed by atoms with Gasteiger partial charge in [-0.3, -0.25) is 0 Å². The summed E-state index contributed by atoms with van der Waals surface area (Å²) in [5.41, 5.74) is 0.741. The normalized spacial score (nSPS) is 29.3. The quantitative estimate of drug-likeness (QED) is 0.545. The van der Waals surface area contributed by atoms with Gasteiger partial charge in [0.2, 0.25) is 0 Å². The largest absolute Gasteiger partial charge is 0.317 e. The van der Waals surface area contributed by atoms with E-state index in [0.29, 0.717) is 0 Å². The highest BCUT2D eigenvalue weighted by molar-refractivity contribution is 5.85. The van der Waals surface area contributed by atoms with Crippen LogP contribution in [0.5, 0.6) is 0 Å². The van der Waals surface area contributed by atoms with Crippen molar-refractivity contribution < 1.29 is 0 Å². The first kappa shape index (κ1) is 7.36. The molecule has 1 spiro atoms. The minimum atomic E-state index is 0. The third kappa shape index (κ3) is 1.39. The standard InChI is InChI=1S/C7H12N.ClH/c1-2-7(1)3-5-8-6-4-7;/h1,8H,2-6H2;1H. The second kappa shape index (κ2) is 2.47. The summed E-state index contributed by atoms with van der Waals surface area (Å²) in [6, 6.07) is 0. The summed E-state index contributed by atoms with van der Waals surface area (Å²) < 4.78 is 0. The van der Waals surface area contributed by atoms with Crippen LogP contribution < -0.4 is 5.32 Å². The topological polar surface area (TPSA) is 12.0 Å². The maximum atomic E-state index is 3.36. The summed E-state index contributed by atoms with van der Waals surface area (Å²) in [5, 5.41) is 3.36. The van der Waals surface area contributed by atoms with Gasteiger partial charge in [0.25, 0.3) is 0 Å². The first-order valence-electron chi connectivity index (χ1n) is 3.46. The van der Waals surface area contributed by atoms with E-state index in [0.717, 1.165) is 5.41 Å². The van der Waals surface area contributed by atoms with Gasteiger partial charge in [-0.05, 0) is 44.2 Å². The molecule has 0 aromatic carbocycles. The Morgan fingerprint density at radius 2 is 1.78 bits per heavy atom. The summed E-state index contributed by atoms with van der Waals surface area (Å²) in [6.07, 6.45) is 6.66. The van der Waals surface area contributed by atoms with Gasteiger partial charge in [-0.1, -0.05) is 0 Å². The Kier molecular flexibility index (Phi) is 2.02. The number of halogens is 1. The number of rotatable bonds is 0. The van der Waals surface area contributed by atoms with Crippen molar-refractivity contribution in [3.8, 4) is 0 Å². The molecule has 1 aliphatic carbocycles. The molecule has 1 heterocycles. The molecule has 1 saturated carbocycles. The van der Waals surface area contributed by atoms with Crippen LogP contribution in [-0.2, 0) is 0 Å². The fourth-order valence-electron chi connectivity index (χ4n) is 1.48. The zero-order chi connectivity index (χ0) is 5.45. The molecule has 1 N–H and O–H groups in total. The van der Waals surface area contributed by atoms with Crippen LogP contribution in [0.1, 0.15) is 19.3 Å². The average Bonchev–Trinajstić information content (AvgIpc) is 2.52. The fourth-order valence-corrected chi connectivity index (χ4v) is 1.48. The number of hydrogen-bond acceptors (Lipinski definition) is 1. The third-order valence-electron chi connectivity index (χ3n) is 2.38. The summed E-state index contributed by atoms with van der Waals surface area (Å²) in [4.78, 5) is 0. The number of hydrogen-bond donors (Lipinski definition) is 1. The predicted molar refractivity (Wildman–Crippen MR) is 40.7 cm³/mol. The van der Waals surface area contributed by atoms with Gasteiger partial charge in [-0.2, -0.15) is 0 Å². The maximum absolute atomic E-state index is 3.36.